The fourth-order valence-electron chi connectivity index (χ4n) is 6.15. The van der Waals surface area contributed by atoms with E-state index < -0.39 is 33.3 Å². The molecule has 54 heavy (non-hydrogen) atoms. The standard InChI is InChI=1S/C9H15NO3.C7H13NO3S.C7H13NO2.C7H15NO.C4H6O3.Al.ClH.Li.4H/c1-3-13-8(12)9(5-4-6-9)10-7(2)11;1-2-8-7(4-3-5-7)6-11-12(8,9)10;1-2-10-6(9)7(8)4-3-5-7;1-2-8-7(6-9)4-3-5-7;1-3(5)7-4(2)6;;;;;;;/h3-6H2,1-2H3,(H,10,11);2-6H2,1H3;2-5,8H2,1H3;8-9H,2-6H2,1H3;1-2H3;;1H;;;;;/q;;;;;;;+1;;;;-1. The zero-order valence-corrected chi connectivity index (χ0v) is 34.6. The van der Waals surface area contributed by atoms with Crippen molar-refractivity contribution in [3.05, 3.63) is 0 Å². The molecule has 0 aromatic rings. The molecule has 312 valence electrons. The molecule has 0 bridgehead atoms. The quantitative estimate of drug-likeness (QED) is 0.0899. The van der Waals surface area contributed by atoms with Crippen LogP contribution in [0, 0.1) is 0 Å². The predicted molar refractivity (Wildman–Crippen MR) is 206 cm³/mol. The van der Waals surface area contributed by atoms with Crippen LogP contribution < -0.4 is 35.2 Å². The summed E-state index contributed by atoms with van der Waals surface area (Å²) in [5.41, 5.74) is 4.28. The van der Waals surface area contributed by atoms with Crippen molar-refractivity contribution in [1.82, 2.24) is 14.9 Å². The van der Waals surface area contributed by atoms with Crippen LogP contribution in [0.5, 0.6) is 0 Å². The van der Waals surface area contributed by atoms with Crippen molar-refractivity contribution in [3.63, 3.8) is 0 Å². The average Bonchev–Trinajstić information content (AvgIpc) is 3.27. The zero-order chi connectivity index (χ0) is 38.9. The van der Waals surface area contributed by atoms with Gasteiger partial charge in [0, 0.05) is 32.9 Å². The molecule has 5 fully saturated rings. The summed E-state index contributed by atoms with van der Waals surface area (Å²) in [6, 6.07) is 0. The number of likely N-dealkylation sites (N-methyl/N-ethyl adjacent to an activating group) is 2. The SMILES string of the molecule is CC(=O)OC(C)=O.CCN1C2(CCC2)COS1(=O)=O.CCNC1(CO)CCC1.CCOC(=O)C1(N)CCC1.CCOC(=O)C1(NC(C)=O)CCC1.Cl.[AlH3].[H-].[Li+]. The molecule has 1 amide bonds. The van der Waals surface area contributed by atoms with Crippen LogP contribution in [0.25, 0.3) is 0 Å². The maximum Gasteiger partial charge on any atom is 1.00 e. The molecular formula is C34H67AlClLiN4O12S. The van der Waals surface area contributed by atoms with E-state index in [9.17, 15) is 32.4 Å². The van der Waals surface area contributed by atoms with E-state index in [2.05, 4.69) is 22.3 Å². The molecule has 1 spiro atoms. The first-order valence-electron chi connectivity index (χ1n) is 18.0. The predicted octanol–water partition coefficient (Wildman–Crippen LogP) is -1.49. The first-order valence-corrected chi connectivity index (χ1v) is 19.4. The van der Waals surface area contributed by atoms with Crippen LogP contribution in [-0.2, 0) is 52.7 Å². The Kier molecular flexibility index (Phi) is 28.1. The molecule has 20 heteroatoms. The third-order valence-corrected chi connectivity index (χ3v) is 11.1. The van der Waals surface area contributed by atoms with Crippen LogP contribution in [0.3, 0.4) is 0 Å². The Bertz CT molecular complexity index is 1270. The van der Waals surface area contributed by atoms with Crippen LogP contribution in [0.15, 0.2) is 0 Å². The molecule has 16 nitrogen and oxygen atoms in total. The molecule has 1 heterocycles. The molecule has 0 radical (unpaired) electrons. The molecule has 1 aliphatic heterocycles. The Morgan fingerprint density at radius 1 is 0.815 bits per heavy atom. The normalized spacial score (nSPS) is 20.5. The number of aliphatic hydroxyl groups excluding tert-OH is 1. The number of esters is 4. The number of rotatable bonds is 9. The number of carbonyl (C=O) groups is 5. The van der Waals surface area contributed by atoms with Crippen LogP contribution in [-0.4, -0.2) is 127 Å². The number of ether oxygens (including phenoxy) is 3. The molecule has 4 saturated carbocycles. The summed E-state index contributed by atoms with van der Waals surface area (Å²) in [4.78, 5) is 52.9. The van der Waals surface area contributed by atoms with Gasteiger partial charge in [-0.15, -0.1) is 12.4 Å². The summed E-state index contributed by atoms with van der Waals surface area (Å²) < 4.78 is 42.6. The van der Waals surface area contributed by atoms with Crippen molar-refractivity contribution >= 4 is 69.9 Å². The number of nitrogens with zero attached hydrogens (tertiary/aromatic N) is 1. The van der Waals surface area contributed by atoms with Crippen molar-refractivity contribution in [2.75, 3.05) is 39.5 Å². The van der Waals surface area contributed by atoms with Gasteiger partial charge in [0.25, 0.3) is 0 Å². The number of aliphatic hydroxyl groups is 1. The van der Waals surface area contributed by atoms with Gasteiger partial charge in [-0.2, -0.15) is 12.7 Å². The summed E-state index contributed by atoms with van der Waals surface area (Å²) in [5.74, 6) is -1.83. The van der Waals surface area contributed by atoms with Gasteiger partial charge in [-0.25, -0.2) is 4.79 Å². The summed E-state index contributed by atoms with van der Waals surface area (Å²) in [5, 5.41) is 14.9. The van der Waals surface area contributed by atoms with E-state index in [1.807, 2.05) is 6.92 Å². The molecule has 0 atom stereocenters. The minimum absolute atomic E-state index is 0. The summed E-state index contributed by atoms with van der Waals surface area (Å²) >= 11 is 0. The van der Waals surface area contributed by atoms with Gasteiger partial charge in [-0.3, -0.25) is 23.4 Å². The molecule has 4 aliphatic carbocycles. The molecule has 0 unspecified atom stereocenters. The minimum atomic E-state index is -3.37. The van der Waals surface area contributed by atoms with Crippen molar-refractivity contribution in [3.8, 4) is 0 Å². The summed E-state index contributed by atoms with van der Waals surface area (Å²) in [6.07, 6.45) is 11.6. The van der Waals surface area contributed by atoms with Crippen molar-refractivity contribution in [2.24, 2.45) is 5.73 Å². The molecule has 5 rings (SSSR count). The van der Waals surface area contributed by atoms with Crippen LogP contribution in [0.2, 0.25) is 0 Å². The van der Waals surface area contributed by atoms with E-state index in [1.54, 1.807) is 13.8 Å². The summed E-state index contributed by atoms with van der Waals surface area (Å²) in [6.45, 7) is 14.2. The first-order chi connectivity index (χ1) is 23.9. The van der Waals surface area contributed by atoms with E-state index in [1.165, 1.54) is 31.5 Å². The van der Waals surface area contributed by atoms with E-state index in [0.717, 1.165) is 64.3 Å². The van der Waals surface area contributed by atoms with Crippen molar-refractivity contribution in [2.45, 2.75) is 148 Å². The van der Waals surface area contributed by atoms with E-state index >= 15 is 0 Å². The van der Waals surface area contributed by atoms with E-state index in [-0.39, 0.29) is 79.0 Å². The van der Waals surface area contributed by atoms with Crippen molar-refractivity contribution < 1.29 is 76.2 Å². The Hall–Kier alpha value is -1.28. The third kappa shape index (κ3) is 17.1. The number of amides is 1. The number of hydrogen-bond donors (Lipinski definition) is 4. The first kappa shape index (κ1) is 57.0. The van der Waals surface area contributed by atoms with Gasteiger partial charge in [-0.05, 0) is 97.4 Å². The van der Waals surface area contributed by atoms with Gasteiger partial charge >= 0.3 is 53.0 Å². The topological polar surface area (TPSA) is 230 Å². The number of hydrogen-bond acceptors (Lipinski definition) is 14. The molecule has 5 aliphatic rings. The smallest absolute Gasteiger partial charge is 1.00 e. The minimum Gasteiger partial charge on any atom is -1.00 e. The van der Waals surface area contributed by atoms with Gasteiger partial charge in [-0.1, -0.05) is 13.8 Å². The molecule has 0 aromatic carbocycles. The van der Waals surface area contributed by atoms with Crippen LogP contribution in [0.4, 0.5) is 0 Å². The molecular weight excluding hydrogens is 758 g/mol. The average molecular weight is 825 g/mol. The Morgan fingerprint density at radius 2 is 1.28 bits per heavy atom. The van der Waals surface area contributed by atoms with Crippen LogP contribution >= 0.6 is 12.4 Å². The number of halogens is 1. The van der Waals surface area contributed by atoms with Gasteiger partial charge in [0.05, 0.1) is 32.0 Å². The van der Waals surface area contributed by atoms with E-state index in [4.69, 9.17) is 24.5 Å². The fourth-order valence-corrected chi connectivity index (χ4v) is 7.68. The number of nitrogens with one attached hydrogen (secondary N) is 2. The maximum atomic E-state index is 11.4. The Balaban J connectivity index is -0.000000294. The molecule has 0 aromatic heterocycles. The van der Waals surface area contributed by atoms with Gasteiger partial charge in [0.2, 0.25) is 5.91 Å². The van der Waals surface area contributed by atoms with Gasteiger partial charge < -0.3 is 37.1 Å². The monoisotopic (exact) mass is 824 g/mol. The number of nitrogens with two attached hydrogens (primary N) is 1. The number of carbonyl (C=O) groups excluding carboxylic acids is 5. The second-order valence-corrected chi connectivity index (χ2v) is 15.0. The molecule has 5 N–H and O–H groups in total. The van der Waals surface area contributed by atoms with Crippen LogP contribution in [0.1, 0.15) is 127 Å². The van der Waals surface area contributed by atoms with Crippen molar-refractivity contribution in [1.29, 1.82) is 0 Å². The zero-order valence-electron chi connectivity index (χ0n) is 34.0. The second kappa shape index (κ2) is 26.6. The molecule has 1 saturated heterocycles. The van der Waals surface area contributed by atoms with E-state index in [0.29, 0.717) is 45.8 Å². The second-order valence-electron chi connectivity index (χ2n) is 13.4. The van der Waals surface area contributed by atoms with Gasteiger partial charge in [0.15, 0.2) is 17.4 Å². The Labute approximate surface area is 352 Å². The largest absolute Gasteiger partial charge is 1.00 e. The fraction of sp³-hybridized carbons (Fsp3) is 0.853. The summed E-state index contributed by atoms with van der Waals surface area (Å²) in [7, 11) is -3.37. The third-order valence-electron chi connectivity index (χ3n) is 9.52. The van der Waals surface area contributed by atoms with Gasteiger partial charge in [0.1, 0.15) is 11.1 Å². The Morgan fingerprint density at radius 3 is 1.50 bits per heavy atom. The maximum absolute atomic E-state index is 11.4.